The molecule has 120 valence electrons. The summed E-state index contributed by atoms with van der Waals surface area (Å²) in [6.45, 7) is 2.00. The van der Waals surface area contributed by atoms with Crippen molar-refractivity contribution in [2.75, 3.05) is 19.4 Å². The predicted octanol–water partition coefficient (Wildman–Crippen LogP) is 2.19. The van der Waals surface area contributed by atoms with E-state index >= 15 is 0 Å². The average molecular weight is 324 g/mol. The molecule has 0 atom stereocenters. The van der Waals surface area contributed by atoms with Crippen LogP contribution in [0.4, 0.5) is 4.79 Å². The number of carbonyl (C=O) groups excluding carboxylic acids is 3. The van der Waals surface area contributed by atoms with Crippen molar-refractivity contribution in [2.24, 2.45) is 0 Å². The van der Waals surface area contributed by atoms with Crippen molar-refractivity contribution in [2.45, 2.75) is 24.7 Å². The van der Waals surface area contributed by atoms with Gasteiger partial charge in [0.15, 0.2) is 6.61 Å². The molecule has 1 aromatic carbocycles. The van der Waals surface area contributed by atoms with E-state index in [2.05, 4.69) is 10.6 Å². The summed E-state index contributed by atoms with van der Waals surface area (Å²) in [5, 5.41) is 4.64. The monoisotopic (exact) mass is 324 g/mol. The molecule has 1 aromatic rings. The average Bonchev–Trinajstić information content (AvgIpc) is 2.52. The second kappa shape index (κ2) is 9.83. The highest BCUT2D eigenvalue weighted by atomic mass is 32.2. The number of thioether (sulfide) groups is 1. The van der Waals surface area contributed by atoms with E-state index in [0.717, 1.165) is 17.7 Å². The fraction of sp³-hybridized carbons (Fsp3) is 0.400. The summed E-state index contributed by atoms with van der Waals surface area (Å²) < 4.78 is 4.91. The van der Waals surface area contributed by atoms with Crippen LogP contribution in [0.2, 0.25) is 0 Å². The molecular weight excluding hydrogens is 304 g/mol. The number of rotatable bonds is 7. The Hall–Kier alpha value is -2.02. The molecule has 7 heteroatoms. The zero-order valence-corrected chi connectivity index (χ0v) is 13.5. The topological polar surface area (TPSA) is 84.5 Å². The maximum absolute atomic E-state index is 11.9. The minimum Gasteiger partial charge on any atom is -0.452 e. The van der Waals surface area contributed by atoms with Gasteiger partial charge >= 0.3 is 12.0 Å². The predicted molar refractivity (Wildman–Crippen MR) is 85.0 cm³/mol. The van der Waals surface area contributed by atoms with Crippen LogP contribution in [0.15, 0.2) is 29.2 Å². The van der Waals surface area contributed by atoms with Gasteiger partial charge in [0.2, 0.25) is 0 Å². The minimum absolute atomic E-state index is 0.398. The largest absolute Gasteiger partial charge is 0.452 e. The lowest BCUT2D eigenvalue weighted by molar-refractivity contribution is -0.123. The van der Waals surface area contributed by atoms with Crippen LogP contribution in [0, 0.1) is 0 Å². The SMILES string of the molecule is CCCCNC(=O)NC(=O)COC(=O)c1ccccc1SC. The number of unbranched alkanes of at least 4 members (excludes halogenated alkanes) is 1. The number of urea groups is 1. The maximum Gasteiger partial charge on any atom is 0.339 e. The van der Waals surface area contributed by atoms with E-state index in [1.165, 1.54) is 11.8 Å². The molecule has 0 radical (unpaired) electrons. The van der Waals surface area contributed by atoms with Crippen molar-refractivity contribution in [1.82, 2.24) is 10.6 Å². The molecule has 2 N–H and O–H groups in total. The molecule has 0 aromatic heterocycles. The van der Waals surface area contributed by atoms with Gasteiger partial charge in [-0.1, -0.05) is 25.5 Å². The first-order valence-corrected chi connectivity index (χ1v) is 8.18. The number of nitrogens with one attached hydrogen (secondary N) is 2. The lowest BCUT2D eigenvalue weighted by Crippen LogP contribution is -2.41. The number of amides is 3. The number of hydrogen-bond donors (Lipinski definition) is 2. The summed E-state index contributed by atoms with van der Waals surface area (Å²) >= 11 is 1.41. The Morgan fingerprint density at radius 1 is 1.23 bits per heavy atom. The second-order valence-electron chi connectivity index (χ2n) is 4.43. The summed E-state index contributed by atoms with van der Waals surface area (Å²) in [7, 11) is 0. The molecule has 1 rings (SSSR count). The zero-order chi connectivity index (χ0) is 16.4. The van der Waals surface area contributed by atoms with E-state index in [4.69, 9.17) is 4.74 Å². The normalized spacial score (nSPS) is 9.91. The van der Waals surface area contributed by atoms with Crippen molar-refractivity contribution < 1.29 is 19.1 Å². The van der Waals surface area contributed by atoms with Gasteiger partial charge in [-0.15, -0.1) is 11.8 Å². The van der Waals surface area contributed by atoms with Gasteiger partial charge in [0.1, 0.15) is 0 Å². The highest BCUT2D eigenvalue weighted by Gasteiger charge is 2.14. The van der Waals surface area contributed by atoms with E-state index in [1.54, 1.807) is 18.2 Å². The summed E-state index contributed by atoms with van der Waals surface area (Å²) in [5.41, 5.74) is 0.398. The van der Waals surface area contributed by atoms with Gasteiger partial charge in [0, 0.05) is 11.4 Å². The van der Waals surface area contributed by atoms with Crippen LogP contribution < -0.4 is 10.6 Å². The minimum atomic E-state index is -0.663. The summed E-state index contributed by atoms with van der Waals surface area (Å²) in [6.07, 6.45) is 3.63. The van der Waals surface area contributed by atoms with E-state index < -0.39 is 24.5 Å². The number of benzene rings is 1. The Morgan fingerprint density at radius 3 is 2.64 bits per heavy atom. The lowest BCUT2D eigenvalue weighted by Gasteiger charge is -2.08. The summed E-state index contributed by atoms with van der Waals surface area (Å²) in [5.74, 6) is -1.25. The molecule has 0 aliphatic rings. The molecule has 0 spiro atoms. The van der Waals surface area contributed by atoms with E-state index in [0.29, 0.717) is 12.1 Å². The van der Waals surface area contributed by atoms with Gasteiger partial charge in [-0.3, -0.25) is 10.1 Å². The van der Waals surface area contributed by atoms with Gasteiger partial charge < -0.3 is 10.1 Å². The van der Waals surface area contributed by atoms with Crippen molar-refractivity contribution in [1.29, 1.82) is 0 Å². The second-order valence-corrected chi connectivity index (χ2v) is 5.28. The number of ether oxygens (including phenoxy) is 1. The zero-order valence-electron chi connectivity index (χ0n) is 12.7. The first-order chi connectivity index (χ1) is 10.6. The van der Waals surface area contributed by atoms with E-state index in [-0.39, 0.29) is 0 Å². The third-order valence-electron chi connectivity index (χ3n) is 2.73. The summed E-state index contributed by atoms with van der Waals surface area (Å²) in [6, 6.07) is 6.37. The third-order valence-corrected chi connectivity index (χ3v) is 3.53. The quantitative estimate of drug-likeness (QED) is 0.456. The standard InChI is InChI=1S/C15H20N2O4S/c1-3-4-9-16-15(20)17-13(18)10-21-14(19)11-7-5-6-8-12(11)22-2/h5-8H,3-4,9-10H2,1-2H3,(H2,16,17,18,20). The van der Waals surface area contributed by atoms with Crippen molar-refractivity contribution in [3.05, 3.63) is 29.8 Å². The van der Waals surface area contributed by atoms with Gasteiger partial charge in [0.05, 0.1) is 5.56 Å². The molecule has 22 heavy (non-hydrogen) atoms. The molecule has 0 aliphatic carbocycles. The number of carbonyl (C=O) groups is 3. The van der Waals surface area contributed by atoms with Crippen LogP contribution in [-0.2, 0) is 9.53 Å². The number of hydrogen-bond acceptors (Lipinski definition) is 5. The van der Waals surface area contributed by atoms with Crippen molar-refractivity contribution in [3.8, 4) is 0 Å². The van der Waals surface area contributed by atoms with Gasteiger partial charge in [-0.05, 0) is 24.8 Å². The third kappa shape index (κ3) is 6.17. The van der Waals surface area contributed by atoms with Crippen LogP contribution in [0.1, 0.15) is 30.1 Å². The Kier molecular flexibility index (Phi) is 8.06. The molecule has 0 saturated carbocycles. The van der Waals surface area contributed by atoms with Crippen LogP contribution in [0.3, 0.4) is 0 Å². The molecule has 0 bridgehead atoms. The first-order valence-electron chi connectivity index (χ1n) is 6.96. The molecule has 3 amide bonds. The molecule has 0 fully saturated rings. The molecule has 0 saturated heterocycles. The Morgan fingerprint density at radius 2 is 1.95 bits per heavy atom. The highest BCUT2D eigenvalue weighted by molar-refractivity contribution is 7.98. The van der Waals surface area contributed by atoms with Gasteiger partial charge in [0.25, 0.3) is 5.91 Å². The first kappa shape index (κ1) is 18.0. The van der Waals surface area contributed by atoms with Crippen LogP contribution in [0.25, 0.3) is 0 Å². The van der Waals surface area contributed by atoms with Crippen molar-refractivity contribution >= 4 is 29.7 Å². The Bertz CT molecular complexity index is 534. The van der Waals surface area contributed by atoms with Crippen molar-refractivity contribution in [3.63, 3.8) is 0 Å². The molecule has 0 aliphatic heterocycles. The number of imide groups is 1. The van der Waals surface area contributed by atoms with Gasteiger partial charge in [-0.25, -0.2) is 9.59 Å². The molecule has 6 nitrogen and oxygen atoms in total. The molecule has 0 unspecified atom stereocenters. The fourth-order valence-corrected chi connectivity index (χ4v) is 2.19. The van der Waals surface area contributed by atoms with Crippen LogP contribution in [0.5, 0.6) is 0 Å². The molecule has 0 heterocycles. The summed E-state index contributed by atoms with van der Waals surface area (Å²) in [4.78, 5) is 35.6. The highest BCUT2D eigenvalue weighted by Crippen LogP contribution is 2.20. The smallest absolute Gasteiger partial charge is 0.339 e. The van der Waals surface area contributed by atoms with Crippen LogP contribution in [-0.4, -0.2) is 37.3 Å². The van der Waals surface area contributed by atoms with Gasteiger partial charge in [-0.2, -0.15) is 0 Å². The lowest BCUT2D eigenvalue weighted by atomic mass is 10.2. The fourth-order valence-electron chi connectivity index (χ4n) is 1.61. The van der Waals surface area contributed by atoms with E-state index in [9.17, 15) is 14.4 Å². The Labute approximate surface area is 134 Å². The number of esters is 1. The molecular formula is C15H20N2O4S. The maximum atomic E-state index is 11.9. The van der Waals surface area contributed by atoms with Crippen LogP contribution >= 0.6 is 11.8 Å². The Balaban J connectivity index is 2.40. The van der Waals surface area contributed by atoms with E-state index in [1.807, 2.05) is 19.2 Å².